The summed E-state index contributed by atoms with van der Waals surface area (Å²) in [6, 6.07) is 4.59. The van der Waals surface area contributed by atoms with Crippen molar-refractivity contribution in [2.24, 2.45) is 11.8 Å². The first-order valence-electron chi connectivity index (χ1n) is 11.7. The van der Waals surface area contributed by atoms with Gasteiger partial charge in [-0.05, 0) is 56.7 Å². The normalized spacial score (nSPS) is 33.5. The zero-order chi connectivity index (χ0) is 21.4. The minimum absolute atomic E-state index is 0.104. The second-order valence-corrected chi connectivity index (χ2v) is 9.78. The molecule has 4 aliphatic rings. The number of aromatic nitrogens is 1. The maximum Gasteiger partial charge on any atom is 0.270 e. The molecular formula is C23H33N5O3. The van der Waals surface area contributed by atoms with Crippen molar-refractivity contribution in [2.45, 2.75) is 63.3 Å². The van der Waals surface area contributed by atoms with Crippen LogP contribution in [0.25, 0.3) is 0 Å². The molecule has 5 rings (SSSR count). The van der Waals surface area contributed by atoms with Crippen LogP contribution in [0.2, 0.25) is 0 Å². The van der Waals surface area contributed by atoms with Crippen LogP contribution in [-0.4, -0.2) is 72.1 Å². The summed E-state index contributed by atoms with van der Waals surface area (Å²) in [5.74, 6) is 1.46. The molecule has 168 valence electrons. The van der Waals surface area contributed by atoms with E-state index in [4.69, 9.17) is 4.74 Å². The summed E-state index contributed by atoms with van der Waals surface area (Å²) in [5.41, 5.74) is 0.444. The number of rotatable bonds is 6. The molecule has 1 aliphatic carbocycles. The molecule has 8 nitrogen and oxygen atoms in total. The molecule has 2 amide bonds. The highest BCUT2D eigenvalue weighted by Crippen LogP contribution is 2.26. The number of nitrogens with one attached hydrogen (secondary N) is 3. The van der Waals surface area contributed by atoms with Crippen LogP contribution < -0.4 is 20.7 Å². The fourth-order valence-electron chi connectivity index (χ4n) is 5.11. The number of fused-ring (bicyclic) bond motifs is 1. The average Bonchev–Trinajstić information content (AvgIpc) is 3.47. The lowest BCUT2D eigenvalue weighted by atomic mass is 9.82. The van der Waals surface area contributed by atoms with Gasteiger partial charge in [0, 0.05) is 43.7 Å². The van der Waals surface area contributed by atoms with Crippen molar-refractivity contribution in [1.29, 1.82) is 0 Å². The van der Waals surface area contributed by atoms with Crippen molar-refractivity contribution >= 4 is 11.8 Å². The molecular weight excluding hydrogens is 394 g/mol. The lowest BCUT2D eigenvalue weighted by molar-refractivity contribution is -0.128. The Morgan fingerprint density at radius 2 is 2.13 bits per heavy atom. The Morgan fingerprint density at radius 1 is 1.26 bits per heavy atom. The molecule has 1 aromatic rings. The van der Waals surface area contributed by atoms with E-state index < -0.39 is 0 Å². The summed E-state index contributed by atoms with van der Waals surface area (Å²) in [5, 5.41) is 9.83. The maximum absolute atomic E-state index is 12.1. The largest absolute Gasteiger partial charge is 0.487 e. The third-order valence-electron chi connectivity index (χ3n) is 7.05. The SMILES string of the molecule is CC1CC2NCC(CN3CC[C@@H](Oc4ccc(C(=O)NC5CC5)nc4)C3)CC2NC1=O. The van der Waals surface area contributed by atoms with Crippen molar-refractivity contribution in [2.75, 3.05) is 26.2 Å². The minimum atomic E-state index is -0.104. The Morgan fingerprint density at radius 3 is 2.90 bits per heavy atom. The van der Waals surface area contributed by atoms with E-state index in [0.717, 1.165) is 64.0 Å². The van der Waals surface area contributed by atoms with Gasteiger partial charge in [0.2, 0.25) is 5.91 Å². The topological polar surface area (TPSA) is 95.6 Å². The lowest BCUT2D eigenvalue weighted by Crippen LogP contribution is -2.62. The van der Waals surface area contributed by atoms with Gasteiger partial charge in [0.25, 0.3) is 5.91 Å². The van der Waals surface area contributed by atoms with E-state index in [0.29, 0.717) is 23.7 Å². The lowest BCUT2D eigenvalue weighted by Gasteiger charge is -2.43. The van der Waals surface area contributed by atoms with Gasteiger partial charge in [-0.3, -0.25) is 14.5 Å². The fourth-order valence-corrected chi connectivity index (χ4v) is 5.11. The number of amides is 2. The number of carbonyl (C=O) groups excluding carboxylic acids is 2. The second-order valence-electron chi connectivity index (χ2n) is 9.78. The highest BCUT2D eigenvalue weighted by Gasteiger charge is 2.38. The number of carbonyl (C=O) groups is 2. The summed E-state index contributed by atoms with van der Waals surface area (Å²) in [6.45, 7) is 5.97. The van der Waals surface area contributed by atoms with Crippen LogP contribution in [0.3, 0.4) is 0 Å². The Hall–Kier alpha value is -2.19. The van der Waals surface area contributed by atoms with E-state index in [1.54, 1.807) is 12.3 Å². The van der Waals surface area contributed by atoms with Crippen LogP contribution >= 0.6 is 0 Å². The number of likely N-dealkylation sites (tertiary alicyclic amines) is 1. The molecule has 1 saturated carbocycles. The molecule has 31 heavy (non-hydrogen) atoms. The van der Waals surface area contributed by atoms with E-state index in [2.05, 4.69) is 25.8 Å². The number of piperidine rings is 2. The Bertz CT molecular complexity index is 812. The predicted octanol–water partition coefficient (Wildman–Crippen LogP) is 0.930. The summed E-state index contributed by atoms with van der Waals surface area (Å²) in [7, 11) is 0. The number of hydrogen-bond acceptors (Lipinski definition) is 6. The molecule has 3 saturated heterocycles. The van der Waals surface area contributed by atoms with Gasteiger partial charge in [-0.2, -0.15) is 0 Å². The average molecular weight is 428 g/mol. The Balaban J connectivity index is 1.07. The van der Waals surface area contributed by atoms with E-state index in [1.165, 1.54) is 0 Å². The van der Waals surface area contributed by atoms with Gasteiger partial charge < -0.3 is 20.7 Å². The molecule has 0 bridgehead atoms. The molecule has 3 N–H and O–H groups in total. The second kappa shape index (κ2) is 8.74. The molecule has 5 atom stereocenters. The molecule has 4 fully saturated rings. The first-order valence-corrected chi connectivity index (χ1v) is 11.7. The molecule has 4 heterocycles. The smallest absolute Gasteiger partial charge is 0.270 e. The fraction of sp³-hybridized carbons (Fsp3) is 0.696. The quantitative estimate of drug-likeness (QED) is 0.625. The van der Waals surface area contributed by atoms with Crippen molar-refractivity contribution in [3.05, 3.63) is 24.0 Å². The first-order chi connectivity index (χ1) is 15.0. The molecule has 1 aromatic heterocycles. The van der Waals surface area contributed by atoms with Crippen molar-refractivity contribution in [1.82, 2.24) is 25.8 Å². The Labute approximate surface area is 183 Å². The van der Waals surface area contributed by atoms with Crippen LogP contribution in [0.4, 0.5) is 0 Å². The third-order valence-corrected chi connectivity index (χ3v) is 7.05. The van der Waals surface area contributed by atoms with E-state index in [9.17, 15) is 9.59 Å². The van der Waals surface area contributed by atoms with Crippen LogP contribution in [0.15, 0.2) is 18.3 Å². The minimum Gasteiger partial charge on any atom is -0.487 e. The highest BCUT2D eigenvalue weighted by atomic mass is 16.5. The van der Waals surface area contributed by atoms with Crippen LogP contribution in [-0.2, 0) is 4.79 Å². The predicted molar refractivity (Wildman–Crippen MR) is 116 cm³/mol. The van der Waals surface area contributed by atoms with E-state index >= 15 is 0 Å². The number of ether oxygens (including phenoxy) is 1. The van der Waals surface area contributed by atoms with Crippen LogP contribution in [0, 0.1) is 11.8 Å². The van der Waals surface area contributed by atoms with Gasteiger partial charge in [-0.25, -0.2) is 4.98 Å². The van der Waals surface area contributed by atoms with Gasteiger partial charge in [-0.15, -0.1) is 0 Å². The summed E-state index contributed by atoms with van der Waals surface area (Å²) in [6.07, 6.45) is 6.92. The molecule has 8 heteroatoms. The zero-order valence-electron chi connectivity index (χ0n) is 18.2. The summed E-state index contributed by atoms with van der Waals surface area (Å²) in [4.78, 5) is 30.8. The standard InChI is InChI=1S/C23H33N5O3/c1-14-8-20-21(27-22(14)29)9-15(10-24-20)12-28-7-6-18(13-28)31-17-4-5-19(25-11-17)23(30)26-16-2-3-16/h4-5,11,14-16,18,20-21,24H,2-3,6-10,12-13H2,1H3,(H,26,30)(H,27,29)/t14?,15?,18-,20?,21?/m1/s1. The van der Waals surface area contributed by atoms with Gasteiger partial charge >= 0.3 is 0 Å². The van der Waals surface area contributed by atoms with Gasteiger partial charge in [0.1, 0.15) is 17.5 Å². The molecule has 0 spiro atoms. The molecule has 3 aliphatic heterocycles. The first kappa shape index (κ1) is 20.7. The van der Waals surface area contributed by atoms with Crippen LogP contribution in [0.5, 0.6) is 5.75 Å². The van der Waals surface area contributed by atoms with Crippen molar-refractivity contribution < 1.29 is 14.3 Å². The van der Waals surface area contributed by atoms with Crippen molar-refractivity contribution in [3.63, 3.8) is 0 Å². The van der Waals surface area contributed by atoms with Crippen LogP contribution in [0.1, 0.15) is 49.5 Å². The number of nitrogens with zero attached hydrogens (tertiary/aromatic N) is 2. The molecule has 4 unspecified atom stereocenters. The number of pyridine rings is 1. The highest BCUT2D eigenvalue weighted by molar-refractivity contribution is 5.92. The third kappa shape index (κ3) is 5.01. The van der Waals surface area contributed by atoms with Gasteiger partial charge in [0.15, 0.2) is 0 Å². The summed E-state index contributed by atoms with van der Waals surface area (Å²) < 4.78 is 6.13. The number of hydrogen-bond donors (Lipinski definition) is 3. The zero-order valence-corrected chi connectivity index (χ0v) is 18.2. The van der Waals surface area contributed by atoms with E-state index in [1.807, 2.05) is 13.0 Å². The van der Waals surface area contributed by atoms with E-state index in [-0.39, 0.29) is 29.9 Å². The maximum atomic E-state index is 12.1. The van der Waals surface area contributed by atoms with Crippen molar-refractivity contribution in [3.8, 4) is 5.75 Å². The molecule has 0 aromatic carbocycles. The Kier molecular flexibility index (Phi) is 5.84. The van der Waals surface area contributed by atoms with Gasteiger partial charge in [0.05, 0.1) is 6.20 Å². The van der Waals surface area contributed by atoms with Gasteiger partial charge in [-0.1, -0.05) is 6.92 Å². The summed E-state index contributed by atoms with van der Waals surface area (Å²) >= 11 is 0. The monoisotopic (exact) mass is 427 g/mol. The molecule has 0 radical (unpaired) electrons.